The van der Waals surface area contributed by atoms with Gasteiger partial charge in [0.2, 0.25) is 5.91 Å². The van der Waals surface area contributed by atoms with E-state index in [2.05, 4.69) is 5.32 Å². The van der Waals surface area contributed by atoms with Crippen molar-refractivity contribution in [3.8, 4) is 0 Å². The Balaban J connectivity index is 1.18. The fourth-order valence-electron chi connectivity index (χ4n) is 6.31. The van der Waals surface area contributed by atoms with E-state index in [0.717, 1.165) is 48.7 Å². The van der Waals surface area contributed by atoms with Crippen molar-refractivity contribution in [1.29, 1.82) is 0 Å². The first kappa shape index (κ1) is 15.0. The van der Waals surface area contributed by atoms with Gasteiger partial charge in [0.15, 0.2) is 0 Å². The highest BCUT2D eigenvalue weighted by molar-refractivity contribution is 5.73. The molecule has 5 atom stereocenters. The molecule has 1 amide bonds. The van der Waals surface area contributed by atoms with Crippen LogP contribution < -0.4 is 5.32 Å². The summed E-state index contributed by atoms with van der Waals surface area (Å²) in [6.45, 7) is 4.87. The fourth-order valence-corrected chi connectivity index (χ4v) is 6.31. The van der Waals surface area contributed by atoms with Crippen molar-refractivity contribution in [1.82, 2.24) is 10.2 Å². The number of rotatable bonds is 4. The molecule has 0 radical (unpaired) electrons. The smallest absolute Gasteiger partial charge is 0.219 e. The van der Waals surface area contributed by atoms with Crippen molar-refractivity contribution in [2.45, 2.75) is 64.3 Å². The summed E-state index contributed by atoms with van der Waals surface area (Å²) >= 11 is 0. The molecule has 4 rings (SSSR count). The van der Waals surface area contributed by atoms with E-state index in [0.29, 0.717) is 0 Å². The molecule has 1 saturated heterocycles. The highest BCUT2D eigenvalue weighted by Crippen LogP contribution is 2.58. The second kappa shape index (κ2) is 6.14. The summed E-state index contributed by atoms with van der Waals surface area (Å²) in [5.41, 5.74) is 0. The van der Waals surface area contributed by atoms with Gasteiger partial charge < -0.3 is 10.2 Å². The maximum absolute atomic E-state index is 11.4. The minimum atomic E-state index is 0.254. The Hall–Kier alpha value is -0.570. The Kier molecular flexibility index (Phi) is 4.19. The van der Waals surface area contributed by atoms with E-state index in [1.165, 1.54) is 57.9 Å². The number of hydrogen-bond acceptors (Lipinski definition) is 2. The van der Waals surface area contributed by atoms with Gasteiger partial charge in [-0.2, -0.15) is 0 Å². The zero-order valence-electron chi connectivity index (χ0n) is 14.1. The Morgan fingerprint density at radius 1 is 1.05 bits per heavy atom. The topological polar surface area (TPSA) is 32.3 Å². The lowest BCUT2D eigenvalue weighted by Crippen LogP contribution is -2.41. The summed E-state index contributed by atoms with van der Waals surface area (Å²) < 4.78 is 0. The van der Waals surface area contributed by atoms with Gasteiger partial charge in [0.1, 0.15) is 0 Å². The number of fused-ring (bicyclic) bond motifs is 5. The van der Waals surface area contributed by atoms with Crippen LogP contribution in [0.3, 0.4) is 0 Å². The van der Waals surface area contributed by atoms with Gasteiger partial charge >= 0.3 is 0 Å². The van der Waals surface area contributed by atoms with Crippen LogP contribution in [0.4, 0.5) is 0 Å². The molecular weight excluding hydrogens is 272 g/mol. The molecule has 4 aliphatic rings. The van der Waals surface area contributed by atoms with Crippen LogP contribution in [-0.4, -0.2) is 36.5 Å². The Labute approximate surface area is 135 Å². The number of carbonyl (C=O) groups is 1. The van der Waals surface area contributed by atoms with E-state index >= 15 is 0 Å². The Morgan fingerprint density at radius 2 is 1.82 bits per heavy atom. The number of likely N-dealkylation sites (tertiary alicyclic amines) is 1. The largest absolute Gasteiger partial charge is 0.343 e. The lowest BCUT2D eigenvalue weighted by molar-refractivity contribution is -0.130. The molecule has 0 aromatic heterocycles. The molecule has 0 unspecified atom stereocenters. The molecule has 3 saturated carbocycles. The van der Waals surface area contributed by atoms with E-state index in [9.17, 15) is 4.79 Å². The maximum Gasteiger partial charge on any atom is 0.219 e. The highest BCUT2D eigenvalue weighted by Gasteiger charge is 2.53. The van der Waals surface area contributed by atoms with Crippen molar-refractivity contribution in [3.63, 3.8) is 0 Å². The summed E-state index contributed by atoms with van der Waals surface area (Å²) in [6, 6.07) is 0.835. The van der Waals surface area contributed by atoms with Crippen LogP contribution in [-0.2, 0) is 4.79 Å². The zero-order valence-corrected chi connectivity index (χ0v) is 14.1. The third-order valence-electron chi connectivity index (χ3n) is 7.45. The van der Waals surface area contributed by atoms with Crippen LogP contribution in [0.1, 0.15) is 58.3 Å². The van der Waals surface area contributed by atoms with Crippen molar-refractivity contribution in [2.75, 3.05) is 19.6 Å². The van der Waals surface area contributed by atoms with E-state index in [1.54, 1.807) is 6.92 Å². The van der Waals surface area contributed by atoms with Gasteiger partial charge in [0.25, 0.3) is 0 Å². The lowest BCUT2D eigenvalue weighted by Gasteiger charge is -2.34. The van der Waals surface area contributed by atoms with E-state index < -0.39 is 0 Å². The first-order valence-corrected chi connectivity index (χ1v) is 9.71. The number of carbonyl (C=O) groups excluding carboxylic acids is 1. The van der Waals surface area contributed by atoms with Gasteiger partial charge in [-0.25, -0.2) is 0 Å². The third kappa shape index (κ3) is 2.70. The van der Waals surface area contributed by atoms with Crippen molar-refractivity contribution in [2.24, 2.45) is 29.6 Å². The Bertz CT molecular complexity index is 416. The molecule has 124 valence electrons. The molecule has 2 bridgehead atoms. The SMILES string of the molecule is CC(=O)N1CCC(CCN[C@@H]2C[C@H]3C[C@H]2[C@H]2CCC[C@@H]32)CC1. The zero-order chi connectivity index (χ0) is 15.1. The summed E-state index contributed by atoms with van der Waals surface area (Å²) in [5.74, 6) is 5.35. The van der Waals surface area contributed by atoms with E-state index in [-0.39, 0.29) is 5.91 Å². The lowest BCUT2D eigenvalue weighted by atomic mass is 9.79. The maximum atomic E-state index is 11.4. The predicted octanol–water partition coefficient (Wildman–Crippen LogP) is 3.05. The van der Waals surface area contributed by atoms with Crippen LogP contribution in [0.15, 0.2) is 0 Å². The first-order chi connectivity index (χ1) is 10.7. The summed E-state index contributed by atoms with van der Waals surface area (Å²) in [6.07, 6.45) is 11.3. The van der Waals surface area contributed by atoms with Crippen LogP contribution >= 0.6 is 0 Å². The van der Waals surface area contributed by atoms with Crippen molar-refractivity contribution in [3.05, 3.63) is 0 Å². The normalized spacial score (nSPS) is 41.1. The number of nitrogens with zero attached hydrogens (tertiary/aromatic N) is 1. The quantitative estimate of drug-likeness (QED) is 0.866. The van der Waals surface area contributed by atoms with Gasteiger partial charge in [0, 0.05) is 26.1 Å². The molecular formula is C19H32N2O. The molecule has 3 heteroatoms. The molecule has 1 aliphatic heterocycles. The molecule has 0 aromatic carbocycles. The molecule has 22 heavy (non-hydrogen) atoms. The average Bonchev–Trinajstić information content (AvgIpc) is 3.20. The van der Waals surface area contributed by atoms with Gasteiger partial charge in [-0.3, -0.25) is 4.79 Å². The van der Waals surface area contributed by atoms with Gasteiger partial charge in [-0.05, 0) is 81.1 Å². The standard InChI is InChI=1S/C19H32N2O/c1-13(22)21-9-6-14(7-10-21)5-8-20-19-12-15-11-18(19)17-4-2-3-16(15)17/h14-20H,2-12H2,1H3/t15-,16+,17+,18+,19-/m1/s1. The second-order valence-electron chi connectivity index (χ2n) is 8.45. The molecule has 1 N–H and O–H groups in total. The first-order valence-electron chi connectivity index (χ1n) is 9.71. The van der Waals surface area contributed by atoms with Crippen LogP contribution in [0, 0.1) is 29.6 Å². The van der Waals surface area contributed by atoms with Gasteiger partial charge in [-0.1, -0.05) is 6.42 Å². The van der Waals surface area contributed by atoms with Gasteiger partial charge in [-0.15, -0.1) is 0 Å². The third-order valence-corrected chi connectivity index (χ3v) is 7.45. The summed E-state index contributed by atoms with van der Waals surface area (Å²) in [4.78, 5) is 13.4. The predicted molar refractivity (Wildman–Crippen MR) is 88.4 cm³/mol. The number of piperidine rings is 1. The minimum absolute atomic E-state index is 0.254. The molecule has 3 nitrogen and oxygen atoms in total. The summed E-state index contributed by atoms with van der Waals surface area (Å²) in [7, 11) is 0. The van der Waals surface area contributed by atoms with Crippen LogP contribution in [0.2, 0.25) is 0 Å². The number of nitrogens with one attached hydrogen (secondary N) is 1. The van der Waals surface area contributed by atoms with E-state index in [4.69, 9.17) is 0 Å². The molecule has 1 heterocycles. The highest BCUT2D eigenvalue weighted by atomic mass is 16.2. The second-order valence-corrected chi connectivity index (χ2v) is 8.45. The average molecular weight is 304 g/mol. The number of amides is 1. The van der Waals surface area contributed by atoms with Crippen molar-refractivity contribution >= 4 is 5.91 Å². The van der Waals surface area contributed by atoms with Crippen molar-refractivity contribution < 1.29 is 4.79 Å². The Morgan fingerprint density at radius 3 is 2.59 bits per heavy atom. The molecule has 0 spiro atoms. The van der Waals surface area contributed by atoms with Gasteiger partial charge in [0.05, 0.1) is 0 Å². The number of hydrogen-bond donors (Lipinski definition) is 1. The molecule has 3 aliphatic carbocycles. The molecule has 0 aromatic rings. The van der Waals surface area contributed by atoms with Crippen LogP contribution in [0.5, 0.6) is 0 Å². The summed E-state index contributed by atoms with van der Waals surface area (Å²) in [5, 5.41) is 3.93. The van der Waals surface area contributed by atoms with E-state index in [1.807, 2.05) is 4.90 Å². The molecule has 4 fully saturated rings. The monoisotopic (exact) mass is 304 g/mol. The van der Waals surface area contributed by atoms with Crippen LogP contribution in [0.25, 0.3) is 0 Å². The fraction of sp³-hybridized carbons (Fsp3) is 0.947. The minimum Gasteiger partial charge on any atom is -0.343 e.